The van der Waals surface area contributed by atoms with Crippen LogP contribution in [0.1, 0.15) is 20.8 Å². The third-order valence-electron chi connectivity index (χ3n) is 2.94. The molecule has 0 heterocycles. The Morgan fingerprint density at radius 3 is 2.05 bits per heavy atom. The Hall–Kier alpha value is -0.200. The minimum Gasteiger partial charge on any atom is -0.383 e. The predicted molar refractivity (Wildman–Crippen MR) is 76.7 cm³/mol. The zero-order valence-electron chi connectivity index (χ0n) is 13.2. The van der Waals surface area contributed by atoms with E-state index in [4.69, 9.17) is 18.9 Å². The van der Waals surface area contributed by atoms with Gasteiger partial charge in [0.1, 0.15) is 0 Å². The molecule has 0 saturated carbocycles. The van der Waals surface area contributed by atoms with Crippen LogP contribution >= 0.6 is 0 Å². The zero-order valence-corrected chi connectivity index (χ0v) is 13.2. The molecule has 0 aromatic heterocycles. The maximum atomic E-state index is 5.66. The SMILES string of the molecule is CCOCC(COCCOC)N(CCOC)C(C)C. The van der Waals surface area contributed by atoms with E-state index in [1.165, 1.54) is 0 Å². The van der Waals surface area contributed by atoms with Gasteiger partial charge in [0, 0.05) is 33.4 Å². The summed E-state index contributed by atoms with van der Waals surface area (Å²) in [7, 11) is 3.41. The van der Waals surface area contributed by atoms with Gasteiger partial charge in [-0.3, -0.25) is 4.90 Å². The zero-order chi connectivity index (χ0) is 14.5. The Morgan fingerprint density at radius 1 is 0.895 bits per heavy atom. The van der Waals surface area contributed by atoms with Crippen LogP contribution in [0.5, 0.6) is 0 Å². The van der Waals surface area contributed by atoms with Gasteiger partial charge in [-0.2, -0.15) is 0 Å². The molecule has 0 aromatic rings. The van der Waals surface area contributed by atoms with E-state index >= 15 is 0 Å². The quantitative estimate of drug-likeness (QED) is 0.476. The largest absolute Gasteiger partial charge is 0.383 e. The molecule has 19 heavy (non-hydrogen) atoms. The van der Waals surface area contributed by atoms with E-state index in [0.29, 0.717) is 32.5 Å². The Bertz CT molecular complexity index is 190. The fourth-order valence-electron chi connectivity index (χ4n) is 1.91. The summed E-state index contributed by atoms with van der Waals surface area (Å²) in [6.45, 7) is 11.3. The Kier molecular flexibility index (Phi) is 12.7. The summed E-state index contributed by atoms with van der Waals surface area (Å²) in [5, 5.41) is 0. The second kappa shape index (κ2) is 12.8. The van der Waals surface area contributed by atoms with Crippen LogP contribution in [0.3, 0.4) is 0 Å². The third kappa shape index (κ3) is 9.35. The van der Waals surface area contributed by atoms with E-state index in [9.17, 15) is 0 Å². The lowest BCUT2D eigenvalue weighted by Gasteiger charge is -2.34. The molecule has 0 bridgehead atoms. The van der Waals surface area contributed by atoms with E-state index in [0.717, 1.165) is 19.8 Å². The van der Waals surface area contributed by atoms with Gasteiger partial charge in [0.05, 0.1) is 39.1 Å². The molecule has 0 aromatic carbocycles. The number of methoxy groups -OCH3 is 2. The van der Waals surface area contributed by atoms with Crippen LogP contribution in [-0.2, 0) is 18.9 Å². The molecule has 0 radical (unpaired) electrons. The van der Waals surface area contributed by atoms with Crippen molar-refractivity contribution in [1.82, 2.24) is 4.90 Å². The first kappa shape index (κ1) is 18.8. The topological polar surface area (TPSA) is 40.2 Å². The highest BCUT2D eigenvalue weighted by Crippen LogP contribution is 2.07. The Labute approximate surface area is 118 Å². The summed E-state index contributed by atoms with van der Waals surface area (Å²) < 4.78 is 21.4. The summed E-state index contributed by atoms with van der Waals surface area (Å²) in [6.07, 6.45) is 0. The average Bonchev–Trinajstić information content (AvgIpc) is 2.39. The van der Waals surface area contributed by atoms with Crippen LogP contribution in [0.25, 0.3) is 0 Å². The Morgan fingerprint density at radius 2 is 1.53 bits per heavy atom. The summed E-state index contributed by atoms with van der Waals surface area (Å²) in [4.78, 5) is 2.37. The average molecular weight is 277 g/mol. The van der Waals surface area contributed by atoms with Crippen molar-refractivity contribution < 1.29 is 18.9 Å². The maximum absolute atomic E-state index is 5.66. The molecule has 1 atom stereocenters. The Balaban J connectivity index is 4.29. The molecule has 116 valence electrons. The van der Waals surface area contributed by atoms with E-state index < -0.39 is 0 Å². The van der Waals surface area contributed by atoms with Crippen LogP contribution in [0, 0.1) is 0 Å². The maximum Gasteiger partial charge on any atom is 0.0701 e. The normalized spacial score (nSPS) is 13.4. The van der Waals surface area contributed by atoms with Gasteiger partial charge in [-0.25, -0.2) is 0 Å². The number of hydrogen-bond acceptors (Lipinski definition) is 5. The lowest BCUT2D eigenvalue weighted by atomic mass is 10.2. The fraction of sp³-hybridized carbons (Fsp3) is 1.00. The molecule has 0 amide bonds. The third-order valence-corrected chi connectivity index (χ3v) is 2.94. The van der Waals surface area contributed by atoms with Crippen molar-refractivity contribution >= 4 is 0 Å². The molecule has 5 nitrogen and oxygen atoms in total. The minimum absolute atomic E-state index is 0.256. The minimum atomic E-state index is 0.256. The molecule has 0 rings (SSSR count). The standard InChI is InChI=1S/C14H31NO4/c1-6-18-11-14(12-19-10-9-17-5)15(13(2)3)7-8-16-4/h13-14H,6-12H2,1-5H3. The van der Waals surface area contributed by atoms with Crippen LogP contribution < -0.4 is 0 Å². The van der Waals surface area contributed by atoms with Gasteiger partial charge in [0.15, 0.2) is 0 Å². The number of nitrogens with zero attached hydrogens (tertiary/aromatic N) is 1. The number of rotatable bonds is 13. The van der Waals surface area contributed by atoms with E-state index in [1.807, 2.05) is 6.92 Å². The fourth-order valence-corrected chi connectivity index (χ4v) is 1.91. The number of hydrogen-bond donors (Lipinski definition) is 0. The lowest BCUT2D eigenvalue weighted by Crippen LogP contribution is -2.47. The van der Waals surface area contributed by atoms with Crippen molar-refractivity contribution in [3.05, 3.63) is 0 Å². The molecule has 5 heteroatoms. The predicted octanol–water partition coefficient (Wildman–Crippen LogP) is 1.41. The first-order valence-electron chi connectivity index (χ1n) is 7.06. The van der Waals surface area contributed by atoms with Crippen molar-refractivity contribution in [1.29, 1.82) is 0 Å². The first-order valence-corrected chi connectivity index (χ1v) is 7.06. The summed E-state index contributed by atoms with van der Waals surface area (Å²) in [6, 6.07) is 0.693. The van der Waals surface area contributed by atoms with E-state index in [2.05, 4.69) is 18.7 Å². The van der Waals surface area contributed by atoms with Gasteiger partial charge < -0.3 is 18.9 Å². The molecule has 1 unspecified atom stereocenters. The van der Waals surface area contributed by atoms with Crippen molar-refractivity contribution in [3.8, 4) is 0 Å². The van der Waals surface area contributed by atoms with Gasteiger partial charge in [-0.05, 0) is 20.8 Å². The molecule has 0 aliphatic carbocycles. The van der Waals surface area contributed by atoms with Crippen LogP contribution in [0.4, 0.5) is 0 Å². The lowest BCUT2D eigenvalue weighted by molar-refractivity contribution is -0.0215. The highest BCUT2D eigenvalue weighted by atomic mass is 16.5. The van der Waals surface area contributed by atoms with Gasteiger partial charge in [0.25, 0.3) is 0 Å². The van der Waals surface area contributed by atoms with Crippen LogP contribution in [-0.4, -0.2) is 77.4 Å². The van der Waals surface area contributed by atoms with Crippen molar-refractivity contribution in [2.24, 2.45) is 0 Å². The summed E-state index contributed by atoms with van der Waals surface area (Å²) >= 11 is 0. The highest BCUT2D eigenvalue weighted by molar-refractivity contribution is 4.74. The van der Waals surface area contributed by atoms with Crippen LogP contribution in [0.2, 0.25) is 0 Å². The summed E-state index contributed by atoms with van der Waals surface area (Å²) in [5.41, 5.74) is 0. The first-order chi connectivity index (χ1) is 9.17. The molecule has 0 aliphatic rings. The van der Waals surface area contributed by atoms with Gasteiger partial charge in [0.2, 0.25) is 0 Å². The smallest absolute Gasteiger partial charge is 0.0701 e. The molecule has 0 aliphatic heterocycles. The monoisotopic (exact) mass is 277 g/mol. The molecule has 0 fully saturated rings. The second-order valence-electron chi connectivity index (χ2n) is 4.71. The summed E-state index contributed by atoms with van der Waals surface area (Å²) in [5.74, 6) is 0. The second-order valence-corrected chi connectivity index (χ2v) is 4.71. The van der Waals surface area contributed by atoms with Gasteiger partial charge in [-0.15, -0.1) is 0 Å². The molecule has 0 N–H and O–H groups in total. The molecular weight excluding hydrogens is 246 g/mol. The van der Waals surface area contributed by atoms with Crippen molar-refractivity contribution in [2.75, 3.05) is 60.4 Å². The van der Waals surface area contributed by atoms with Gasteiger partial charge in [-0.1, -0.05) is 0 Å². The molecular formula is C14H31NO4. The van der Waals surface area contributed by atoms with Crippen LogP contribution in [0.15, 0.2) is 0 Å². The molecule has 0 spiro atoms. The van der Waals surface area contributed by atoms with Crippen molar-refractivity contribution in [2.45, 2.75) is 32.9 Å². The van der Waals surface area contributed by atoms with E-state index in [-0.39, 0.29) is 6.04 Å². The van der Waals surface area contributed by atoms with Gasteiger partial charge >= 0.3 is 0 Å². The van der Waals surface area contributed by atoms with Crippen molar-refractivity contribution in [3.63, 3.8) is 0 Å². The molecule has 0 saturated heterocycles. The van der Waals surface area contributed by atoms with E-state index in [1.54, 1.807) is 14.2 Å². The highest BCUT2D eigenvalue weighted by Gasteiger charge is 2.21. The number of ether oxygens (including phenoxy) is 4.